The first kappa shape index (κ1) is 13.9. The fourth-order valence-corrected chi connectivity index (χ4v) is 1.47. The van der Waals surface area contributed by atoms with Gasteiger partial charge in [-0.25, -0.2) is 9.97 Å². The summed E-state index contributed by atoms with van der Waals surface area (Å²) in [7, 11) is 2.12. The number of hydrogen-bond donors (Lipinski definition) is 1. The zero-order chi connectivity index (χ0) is 12.8. The van der Waals surface area contributed by atoms with Gasteiger partial charge in [-0.05, 0) is 20.5 Å². The van der Waals surface area contributed by atoms with Crippen molar-refractivity contribution in [3.8, 4) is 0 Å². The smallest absolute Gasteiger partial charge is 0.133 e. The van der Waals surface area contributed by atoms with Crippen LogP contribution in [0.1, 0.15) is 38.2 Å². The largest absolute Gasteiger partial charge is 0.369 e. The molecular formula is C13H24N4. The number of hydrogen-bond acceptors (Lipinski definition) is 4. The highest BCUT2D eigenvalue weighted by molar-refractivity contribution is 5.36. The lowest BCUT2D eigenvalue weighted by Crippen LogP contribution is -2.25. The number of anilines is 1. The van der Waals surface area contributed by atoms with Crippen molar-refractivity contribution in [2.45, 2.75) is 33.6 Å². The summed E-state index contributed by atoms with van der Waals surface area (Å²) < 4.78 is 0. The third-order valence-electron chi connectivity index (χ3n) is 2.73. The van der Waals surface area contributed by atoms with Crippen molar-refractivity contribution in [2.75, 3.05) is 32.0 Å². The van der Waals surface area contributed by atoms with E-state index in [0.717, 1.165) is 37.0 Å². The second-order valence-electron chi connectivity index (χ2n) is 4.73. The number of aryl methyl sites for hydroxylation is 1. The summed E-state index contributed by atoms with van der Waals surface area (Å²) in [6, 6.07) is 2.00. The van der Waals surface area contributed by atoms with Crippen molar-refractivity contribution in [1.29, 1.82) is 0 Å². The molecule has 4 heteroatoms. The third kappa shape index (κ3) is 4.69. The Labute approximate surface area is 104 Å². The summed E-state index contributed by atoms with van der Waals surface area (Å²) in [6.07, 6.45) is 0. The highest BCUT2D eigenvalue weighted by Gasteiger charge is 2.05. The van der Waals surface area contributed by atoms with Crippen LogP contribution in [0, 0.1) is 6.92 Å². The highest BCUT2D eigenvalue weighted by Crippen LogP contribution is 2.13. The maximum atomic E-state index is 4.52. The summed E-state index contributed by atoms with van der Waals surface area (Å²) in [5.41, 5.74) is 1.02. The van der Waals surface area contributed by atoms with E-state index in [4.69, 9.17) is 0 Å². The van der Waals surface area contributed by atoms with Crippen LogP contribution in [0.25, 0.3) is 0 Å². The van der Waals surface area contributed by atoms with Gasteiger partial charge in [0.1, 0.15) is 11.6 Å². The SMILES string of the molecule is CCN(C)CCNc1cc(C)nc(C(C)C)n1. The lowest BCUT2D eigenvalue weighted by molar-refractivity contribution is 0.367. The molecule has 1 aromatic heterocycles. The molecule has 1 N–H and O–H groups in total. The first-order chi connectivity index (χ1) is 8.02. The minimum Gasteiger partial charge on any atom is -0.369 e. The first-order valence-electron chi connectivity index (χ1n) is 6.31. The number of nitrogens with one attached hydrogen (secondary N) is 1. The normalized spacial score (nSPS) is 11.2. The van der Waals surface area contributed by atoms with Crippen LogP contribution in [0.3, 0.4) is 0 Å². The van der Waals surface area contributed by atoms with Gasteiger partial charge in [-0.1, -0.05) is 20.8 Å². The summed E-state index contributed by atoms with van der Waals surface area (Å²) in [6.45, 7) is 11.4. The van der Waals surface area contributed by atoms with E-state index in [9.17, 15) is 0 Å². The van der Waals surface area contributed by atoms with Crippen LogP contribution >= 0.6 is 0 Å². The molecule has 0 radical (unpaired) electrons. The molecule has 1 aromatic rings. The predicted molar refractivity (Wildman–Crippen MR) is 72.5 cm³/mol. The second-order valence-corrected chi connectivity index (χ2v) is 4.73. The van der Waals surface area contributed by atoms with Gasteiger partial charge in [0.2, 0.25) is 0 Å². The maximum Gasteiger partial charge on any atom is 0.133 e. The van der Waals surface area contributed by atoms with Gasteiger partial charge < -0.3 is 10.2 Å². The second kappa shape index (κ2) is 6.55. The van der Waals surface area contributed by atoms with Crippen LogP contribution in [-0.2, 0) is 0 Å². The zero-order valence-corrected chi connectivity index (χ0v) is 11.6. The molecule has 0 aliphatic rings. The molecule has 0 aromatic carbocycles. The molecule has 1 heterocycles. The average molecular weight is 236 g/mol. The Morgan fingerprint density at radius 2 is 2.06 bits per heavy atom. The van der Waals surface area contributed by atoms with E-state index in [1.165, 1.54) is 0 Å². The number of nitrogens with zero attached hydrogens (tertiary/aromatic N) is 3. The minimum atomic E-state index is 0.369. The molecule has 1 rings (SSSR count). The Hall–Kier alpha value is -1.16. The fraction of sp³-hybridized carbons (Fsp3) is 0.692. The van der Waals surface area contributed by atoms with Gasteiger partial charge in [0, 0.05) is 30.8 Å². The Kier molecular flexibility index (Phi) is 5.35. The van der Waals surface area contributed by atoms with E-state index in [2.05, 4.69) is 48.0 Å². The average Bonchev–Trinajstić information content (AvgIpc) is 2.28. The van der Waals surface area contributed by atoms with E-state index in [1.807, 2.05) is 13.0 Å². The third-order valence-corrected chi connectivity index (χ3v) is 2.73. The Bertz CT molecular complexity index is 349. The molecule has 0 aliphatic carbocycles. The van der Waals surface area contributed by atoms with Crippen molar-refractivity contribution >= 4 is 5.82 Å². The number of rotatable bonds is 6. The van der Waals surface area contributed by atoms with Crippen molar-refractivity contribution in [2.24, 2.45) is 0 Å². The molecule has 4 nitrogen and oxygen atoms in total. The molecule has 0 spiro atoms. The summed E-state index contributed by atoms with van der Waals surface area (Å²) >= 11 is 0. The number of likely N-dealkylation sites (N-methyl/N-ethyl adjacent to an activating group) is 1. The van der Waals surface area contributed by atoms with E-state index in [0.29, 0.717) is 5.92 Å². The maximum absolute atomic E-state index is 4.52. The topological polar surface area (TPSA) is 41.0 Å². The van der Waals surface area contributed by atoms with Gasteiger partial charge in [-0.15, -0.1) is 0 Å². The van der Waals surface area contributed by atoms with Crippen molar-refractivity contribution in [3.05, 3.63) is 17.6 Å². The summed E-state index contributed by atoms with van der Waals surface area (Å²) in [5, 5.41) is 3.35. The van der Waals surface area contributed by atoms with Gasteiger partial charge in [-0.2, -0.15) is 0 Å². The van der Waals surface area contributed by atoms with Crippen LogP contribution in [-0.4, -0.2) is 41.5 Å². The zero-order valence-electron chi connectivity index (χ0n) is 11.6. The molecule has 0 unspecified atom stereocenters. The van der Waals surface area contributed by atoms with Crippen molar-refractivity contribution < 1.29 is 0 Å². The quantitative estimate of drug-likeness (QED) is 0.822. The lowest BCUT2D eigenvalue weighted by atomic mass is 10.2. The van der Waals surface area contributed by atoms with Gasteiger partial charge in [0.15, 0.2) is 0 Å². The number of aromatic nitrogens is 2. The Morgan fingerprint density at radius 3 is 2.65 bits per heavy atom. The van der Waals surface area contributed by atoms with Crippen LogP contribution < -0.4 is 5.32 Å². The van der Waals surface area contributed by atoms with Crippen LogP contribution in [0.15, 0.2) is 6.07 Å². The van der Waals surface area contributed by atoms with Crippen molar-refractivity contribution in [3.63, 3.8) is 0 Å². The molecule has 17 heavy (non-hydrogen) atoms. The molecule has 0 aliphatic heterocycles. The molecule has 0 amide bonds. The molecular weight excluding hydrogens is 212 g/mol. The van der Waals surface area contributed by atoms with E-state index in [1.54, 1.807) is 0 Å². The monoisotopic (exact) mass is 236 g/mol. The molecule has 0 atom stereocenters. The highest BCUT2D eigenvalue weighted by atomic mass is 15.1. The van der Waals surface area contributed by atoms with Crippen LogP contribution in [0.2, 0.25) is 0 Å². The molecule has 96 valence electrons. The molecule has 0 saturated carbocycles. The molecule has 0 saturated heterocycles. The van der Waals surface area contributed by atoms with Gasteiger partial charge in [0.05, 0.1) is 0 Å². The lowest BCUT2D eigenvalue weighted by Gasteiger charge is -2.15. The predicted octanol–water partition coefficient (Wildman–Crippen LogP) is 2.27. The standard InChI is InChI=1S/C13H24N4/c1-6-17(5)8-7-14-12-9-11(4)15-13(16-12)10(2)3/h9-10H,6-8H2,1-5H3,(H,14,15,16). The van der Waals surface area contributed by atoms with Crippen molar-refractivity contribution in [1.82, 2.24) is 14.9 Å². The van der Waals surface area contributed by atoms with Crippen LogP contribution in [0.5, 0.6) is 0 Å². The van der Waals surface area contributed by atoms with Gasteiger partial charge >= 0.3 is 0 Å². The van der Waals surface area contributed by atoms with Crippen LogP contribution in [0.4, 0.5) is 5.82 Å². The summed E-state index contributed by atoms with van der Waals surface area (Å²) in [4.78, 5) is 11.2. The van der Waals surface area contributed by atoms with Gasteiger partial charge in [0.25, 0.3) is 0 Å². The minimum absolute atomic E-state index is 0.369. The fourth-order valence-electron chi connectivity index (χ4n) is 1.47. The Morgan fingerprint density at radius 1 is 1.35 bits per heavy atom. The van der Waals surface area contributed by atoms with E-state index in [-0.39, 0.29) is 0 Å². The molecule has 0 bridgehead atoms. The van der Waals surface area contributed by atoms with E-state index < -0.39 is 0 Å². The van der Waals surface area contributed by atoms with Gasteiger partial charge in [-0.3, -0.25) is 0 Å². The Balaban J connectivity index is 2.59. The van der Waals surface area contributed by atoms with E-state index >= 15 is 0 Å². The summed E-state index contributed by atoms with van der Waals surface area (Å²) in [5.74, 6) is 2.22. The first-order valence-corrected chi connectivity index (χ1v) is 6.31. The molecule has 0 fully saturated rings.